The number of hydrogen-bond donors (Lipinski definition) is 2. The van der Waals surface area contributed by atoms with Crippen molar-refractivity contribution in [3.8, 4) is 0 Å². The van der Waals surface area contributed by atoms with Crippen LogP contribution in [0.2, 0.25) is 0 Å². The van der Waals surface area contributed by atoms with Gasteiger partial charge in [0.15, 0.2) is 0 Å². The van der Waals surface area contributed by atoms with E-state index in [0.717, 1.165) is 6.26 Å². The van der Waals surface area contributed by atoms with Crippen LogP contribution in [0.15, 0.2) is 0 Å². The number of hydrogen-bond acceptors (Lipinski definition) is 4. The van der Waals surface area contributed by atoms with Crippen molar-refractivity contribution >= 4 is 22.0 Å². The fourth-order valence-corrected chi connectivity index (χ4v) is 2.39. The molecule has 104 valence electrons. The van der Waals surface area contributed by atoms with Crippen LogP contribution >= 0.6 is 0 Å². The molecule has 0 aromatic carbocycles. The standard InChI is InChI=1S/C9H17N3O5S/c1-7(8(13)14)10-9(15)11-3-5-12(6-4-11)18(2,16)17/h7H,3-6H2,1-2H3,(H,10,15)(H,13,14)/t7-/m1/s1. The van der Waals surface area contributed by atoms with E-state index >= 15 is 0 Å². The zero-order valence-corrected chi connectivity index (χ0v) is 11.1. The summed E-state index contributed by atoms with van der Waals surface area (Å²) in [6.07, 6.45) is 1.12. The fourth-order valence-electron chi connectivity index (χ4n) is 1.56. The molecule has 0 spiro atoms. The zero-order valence-electron chi connectivity index (χ0n) is 10.3. The molecule has 1 saturated heterocycles. The lowest BCUT2D eigenvalue weighted by Gasteiger charge is -2.33. The van der Waals surface area contributed by atoms with E-state index in [1.165, 1.54) is 16.1 Å². The van der Waals surface area contributed by atoms with Crippen LogP contribution in [0.5, 0.6) is 0 Å². The molecule has 1 heterocycles. The first-order valence-electron chi connectivity index (χ1n) is 5.45. The van der Waals surface area contributed by atoms with Gasteiger partial charge in [0.25, 0.3) is 0 Å². The molecule has 18 heavy (non-hydrogen) atoms. The molecule has 0 aromatic rings. The normalized spacial score (nSPS) is 19.3. The van der Waals surface area contributed by atoms with Crippen LogP contribution in [0.1, 0.15) is 6.92 Å². The maximum absolute atomic E-state index is 11.7. The Morgan fingerprint density at radius 2 is 1.72 bits per heavy atom. The molecule has 0 saturated carbocycles. The molecule has 0 aromatic heterocycles. The Balaban J connectivity index is 2.48. The second-order valence-electron chi connectivity index (χ2n) is 4.16. The van der Waals surface area contributed by atoms with E-state index in [0.29, 0.717) is 0 Å². The van der Waals surface area contributed by atoms with Gasteiger partial charge >= 0.3 is 12.0 Å². The summed E-state index contributed by atoms with van der Waals surface area (Å²) in [5.41, 5.74) is 0. The van der Waals surface area contributed by atoms with E-state index in [1.54, 1.807) is 0 Å². The molecule has 1 atom stereocenters. The van der Waals surface area contributed by atoms with Gasteiger partial charge in [-0.05, 0) is 6.92 Å². The molecule has 2 amide bonds. The van der Waals surface area contributed by atoms with E-state index in [4.69, 9.17) is 5.11 Å². The maximum atomic E-state index is 11.7. The number of aliphatic carboxylic acids is 1. The third-order valence-corrected chi connectivity index (χ3v) is 4.01. The number of carbonyl (C=O) groups is 2. The minimum Gasteiger partial charge on any atom is -0.480 e. The number of carbonyl (C=O) groups excluding carboxylic acids is 1. The molecule has 0 unspecified atom stereocenters. The van der Waals surface area contributed by atoms with Crippen LogP contribution in [-0.4, -0.2) is 73.2 Å². The van der Waals surface area contributed by atoms with Crippen LogP contribution in [0.4, 0.5) is 4.79 Å². The molecule has 2 N–H and O–H groups in total. The summed E-state index contributed by atoms with van der Waals surface area (Å²) < 4.78 is 23.8. The average molecular weight is 279 g/mol. The van der Waals surface area contributed by atoms with Gasteiger partial charge in [0.2, 0.25) is 10.0 Å². The number of carboxylic acids is 1. The minimum absolute atomic E-state index is 0.230. The summed E-state index contributed by atoms with van der Waals surface area (Å²) in [4.78, 5) is 23.6. The molecule has 1 rings (SSSR count). The van der Waals surface area contributed by atoms with Crippen molar-refractivity contribution < 1.29 is 23.1 Å². The number of amides is 2. The third-order valence-electron chi connectivity index (χ3n) is 2.71. The molecule has 1 aliphatic rings. The highest BCUT2D eigenvalue weighted by atomic mass is 32.2. The lowest BCUT2D eigenvalue weighted by atomic mass is 10.3. The van der Waals surface area contributed by atoms with Crippen LogP contribution in [-0.2, 0) is 14.8 Å². The van der Waals surface area contributed by atoms with Gasteiger partial charge in [-0.3, -0.25) is 4.79 Å². The second-order valence-corrected chi connectivity index (χ2v) is 6.14. The van der Waals surface area contributed by atoms with E-state index in [9.17, 15) is 18.0 Å². The van der Waals surface area contributed by atoms with Gasteiger partial charge in [0.1, 0.15) is 6.04 Å². The summed E-state index contributed by atoms with van der Waals surface area (Å²) in [6.45, 7) is 2.34. The van der Waals surface area contributed by atoms with Crippen molar-refractivity contribution in [2.45, 2.75) is 13.0 Å². The molecule has 1 fully saturated rings. The van der Waals surface area contributed by atoms with Gasteiger partial charge < -0.3 is 15.3 Å². The van der Waals surface area contributed by atoms with Gasteiger partial charge in [0, 0.05) is 26.2 Å². The average Bonchev–Trinajstić information content (AvgIpc) is 2.27. The van der Waals surface area contributed by atoms with Gasteiger partial charge in [-0.15, -0.1) is 0 Å². The van der Waals surface area contributed by atoms with E-state index < -0.39 is 28.1 Å². The predicted octanol–water partition coefficient (Wildman–Crippen LogP) is -1.25. The van der Waals surface area contributed by atoms with Crippen molar-refractivity contribution in [3.05, 3.63) is 0 Å². The zero-order chi connectivity index (χ0) is 13.9. The van der Waals surface area contributed by atoms with Crippen molar-refractivity contribution in [1.82, 2.24) is 14.5 Å². The van der Waals surface area contributed by atoms with Crippen LogP contribution < -0.4 is 5.32 Å². The highest BCUT2D eigenvalue weighted by Gasteiger charge is 2.27. The molecular formula is C9H17N3O5S. The quantitative estimate of drug-likeness (QED) is 0.671. The number of piperazine rings is 1. The minimum atomic E-state index is -3.23. The molecule has 0 aliphatic carbocycles. The summed E-state index contributed by atoms with van der Waals surface area (Å²) in [6, 6.07) is -1.46. The Bertz CT molecular complexity index is 427. The smallest absolute Gasteiger partial charge is 0.325 e. The first kappa shape index (κ1) is 14.7. The Morgan fingerprint density at radius 3 is 2.11 bits per heavy atom. The van der Waals surface area contributed by atoms with E-state index in [1.807, 2.05) is 0 Å². The number of sulfonamides is 1. The number of rotatable bonds is 3. The maximum Gasteiger partial charge on any atom is 0.325 e. The lowest BCUT2D eigenvalue weighted by Crippen LogP contribution is -2.54. The Hall–Kier alpha value is -1.35. The van der Waals surface area contributed by atoms with E-state index in [-0.39, 0.29) is 26.2 Å². The summed E-state index contributed by atoms with van der Waals surface area (Å²) >= 11 is 0. The molecule has 0 bridgehead atoms. The van der Waals surface area contributed by atoms with Gasteiger partial charge in [-0.25, -0.2) is 13.2 Å². The first-order chi connectivity index (χ1) is 8.21. The third kappa shape index (κ3) is 3.84. The van der Waals surface area contributed by atoms with Crippen LogP contribution in [0, 0.1) is 0 Å². The molecule has 8 nitrogen and oxygen atoms in total. The number of carboxylic acid groups (broad SMARTS) is 1. The van der Waals surface area contributed by atoms with Crippen molar-refractivity contribution in [2.75, 3.05) is 32.4 Å². The first-order valence-corrected chi connectivity index (χ1v) is 7.30. The SMILES string of the molecule is C[C@@H](NC(=O)N1CCN(S(C)(=O)=O)CC1)C(=O)O. The number of nitrogens with zero attached hydrogens (tertiary/aromatic N) is 2. The van der Waals surface area contributed by atoms with Gasteiger partial charge in [-0.1, -0.05) is 0 Å². The van der Waals surface area contributed by atoms with Crippen molar-refractivity contribution in [3.63, 3.8) is 0 Å². The van der Waals surface area contributed by atoms with E-state index in [2.05, 4.69) is 5.32 Å². The molecule has 9 heteroatoms. The van der Waals surface area contributed by atoms with Crippen LogP contribution in [0.3, 0.4) is 0 Å². The Morgan fingerprint density at radius 1 is 1.22 bits per heavy atom. The highest BCUT2D eigenvalue weighted by Crippen LogP contribution is 2.06. The Labute approximate surface area is 106 Å². The Kier molecular flexibility index (Phi) is 4.52. The number of urea groups is 1. The summed E-state index contributed by atoms with van der Waals surface area (Å²) in [7, 11) is -3.23. The second kappa shape index (κ2) is 5.53. The molecule has 0 radical (unpaired) electrons. The van der Waals surface area contributed by atoms with Crippen molar-refractivity contribution in [2.24, 2.45) is 0 Å². The molecule has 1 aliphatic heterocycles. The topological polar surface area (TPSA) is 107 Å². The van der Waals surface area contributed by atoms with Gasteiger partial charge in [0.05, 0.1) is 6.26 Å². The molecular weight excluding hydrogens is 262 g/mol. The fraction of sp³-hybridized carbons (Fsp3) is 0.778. The largest absolute Gasteiger partial charge is 0.480 e. The van der Waals surface area contributed by atoms with Crippen molar-refractivity contribution in [1.29, 1.82) is 0 Å². The number of nitrogens with one attached hydrogen (secondary N) is 1. The monoisotopic (exact) mass is 279 g/mol. The predicted molar refractivity (Wildman–Crippen MR) is 63.6 cm³/mol. The summed E-state index contributed by atoms with van der Waals surface area (Å²) in [5, 5.41) is 11.0. The highest BCUT2D eigenvalue weighted by molar-refractivity contribution is 7.88. The summed E-state index contributed by atoms with van der Waals surface area (Å²) in [5.74, 6) is -1.11. The lowest BCUT2D eigenvalue weighted by molar-refractivity contribution is -0.138. The van der Waals surface area contributed by atoms with Gasteiger partial charge in [-0.2, -0.15) is 4.31 Å². The van der Waals surface area contributed by atoms with Crippen LogP contribution in [0.25, 0.3) is 0 Å².